The molecule has 0 aromatic carbocycles. The fourth-order valence-corrected chi connectivity index (χ4v) is 3.18. The van der Waals surface area contributed by atoms with Crippen LogP contribution in [-0.2, 0) is 11.8 Å². The molecule has 1 fully saturated rings. The van der Waals surface area contributed by atoms with Crippen LogP contribution in [0.3, 0.4) is 0 Å². The van der Waals surface area contributed by atoms with Crippen LogP contribution in [0.1, 0.15) is 24.2 Å². The Morgan fingerprint density at radius 3 is 2.64 bits per heavy atom. The molecule has 2 aromatic rings. The molecule has 7 nitrogen and oxygen atoms in total. The van der Waals surface area contributed by atoms with Crippen molar-refractivity contribution in [3.05, 3.63) is 35.7 Å². The van der Waals surface area contributed by atoms with E-state index in [4.69, 9.17) is 0 Å². The minimum atomic E-state index is 0.00904. The number of nitrogens with one attached hydrogen (secondary N) is 2. The van der Waals surface area contributed by atoms with Crippen molar-refractivity contribution in [2.24, 2.45) is 7.05 Å². The van der Waals surface area contributed by atoms with Crippen molar-refractivity contribution >= 4 is 17.5 Å². The molecule has 3 rings (SSSR count). The van der Waals surface area contributed by atoms with Gasteiger partial charge >= 0.3 is 0 Å². The first-order valence-corrected chi connectivity index (χ1v) is 8.72. The lowest BCUT2D eigenvalue weighted by atomic mass is 10.1. The van der Waals surface area contributed by atoms with Crippen LogP contribution in [0.25, 0.3) is 0 Å². The molecule has 2 aromatic heterocycles. The molecular weight excluding hydrogens is 316 g/mol. The molecule has 1 amide bonds. The zero-order valence-electron chi connectivity index (χ0n) is 15.1. The van der Waals surface area contributed by atoms with Gasteiger partial charge < -0.3 is 10.6 Å². The lowest BCUT2D eigenvalue weighted by Crippen LogP contribution is -2.42. The molecule has 0 atom stereocenters. The van der Waals surface area contributed by atoms with E-state index in [1.54, 1.807) is 4.68 Å². The average Bonchev–Trinajstić information content (AvgIpc) is 2.87. The van der Waals surface area contributed by atoms with Crippen LogP contribution in [-0.4, -0.2) is 51.2 Å². The molecule has 1 aliphatic rings. The van der Waals surface area contributed by atoms with Crippen LogP contribution in [0.4, 0.5) is 11.6 Å². The molecule has 0 radical (unpaired) electrons. The Morgan fingerprint density at radius 2 is 2.00 bits per heavy atom. The fourth-order valence-electron chi connectivity index (χ4n) is 3.18. The van der Waals surface area contributed by atoms with Gasteiger partial charge in [-0.05, 0) is 38.8 Å². The summed E-state index contributed by atoms with van der Waals surface area (Å²) in [5.41, 5.74) is 1.92. The van der Waals surface area contributed by atoms with E-state index in [-0.39, 0.29) is 5.91 Å². The van der Waals surface area contributed by atoms with Crippen LogP contribution in [0.5, 0.6) is 0 Å². The first-order chi connectivity index (χ1) is 12.0. The second-order valence-electron chi connectivity index (χ2n) is 6.70. The zero-order valence-corrected chi connectivity index (χ0v) is 15.1. The molecule has 0 bridgehead atoms. The lowest BCUT2D eigenvalue weighted by molar-refractivity contribution is -0.117. The third kappa shape index (κ3) is 4.79. The molecule has 25 heavy (non-hydrogen) atoms. The van der Waals surface area contributed by atoms with Gasteiger partial charge in [-0.25, -0.2) is 4.98 Å². The molecule has 134 valence electrons. The van der Waals surface area contributed by atoms with Crippen molar-refractivity contribution < 1.29 is 4.79 Å². The third-order valence-corrected chi connectivity index (χ3v) is 4.46. The van der Waals surface area contributed by atoms with Crippen molar-refractivity contribution in [3.8, 4) is 0 Å². The van der Waals surface area contributed by atoms with Gasteiger partial charge in [0.1, 0.15) is 11.6 Å². The highest BCUT2D eigenvalue weighted by Gasteiger charge is 2.21. The molecule has 1 saturated heterocycles. The summed E-state index contributed by atoms with van der Waals surface area (Å²) < 4.78 is 1.69. The second kappa shape index (κ2) is 7.65. The molecule has 7 heteroatoms. The summed E-state index contributed by atoms with van der Waals surface area (Å²) in [7, 11) is 1.83. The number of nitrogens with zero attached hydrogens (tertiary/aromatic N) is 4. The number of likely N-dealkylation sites (tertiary alicyclic amines) is 1. The predicted octanol–water partition coefficient (Wildman–Crippen LogP) is 1.95. The number of amides is 1. The van der Waals surface area contributed by atoms with E-state index in [0.717, 1.165) is 49.0 Å². The van der Waals surface area contributed by atoms with Gasteiger partial charge in [0, 0.05) is 37.9 Å². The van der Waals surface area contributed by atoms with Crippen LogP contribution < -0.4 is 10.6 Å². The maximum Gasteiger partial charge on any atom is 0.239 e. The average molecular weight is 342 g/mol. The standard InChI is InChI=1S/C18H26N6O/c1-13-5-4-6-16(19-13)20-15-7-9-24(10-8-15)12-18(25)21-17-11-14(2)22-23(17)3/h4-6,11,15H,7-10,12H2,1-3H3,(H,19,20)(H,21,25). The number of piperidine rings is 1. The van der Waals surface area contributed by atoms with E-state index >= 15 is 0 Å². The maximum atomic E-state index is 12.2. The number of pyridine rings is 1. The smallest absolute Gasteiger partial charge is 0.239 e. The summed E-state index contributed by atoms with van der Waals surface area (Å²) in [6, 6.07) is 8.31. The largest absolute Gasteiger partial charge is 0.367 e. The van der Waals surface area contributed by atoms with E-state index in [1.807, 2.05) is 45.2 Å². The van der Waals surface area contributed by atoms with E-state index in [2.05, 4.69) is 25.6 Å². The molecule has 0 spiro atoms. The van der Waals surface area contributed by atoms with Crippen LogP contribution in [0.2, 0.25) is 0 Å². The van der Waals surface area contributed by atoms with E-state index in [0.29, 0.717) is 12.6 Å². The number of aromatic nitrogens is 3. The normalized spacial score (nSPS) is 16.0. The van der Waals surface area contributed by atoms with Gasteiger partial charge in [-0.2, -0.15) is 5.10 Å². The van der Waals surface area contributed by atoms with E-state index in [1.165, 1.54) is 0 Å². The summed E-state index contributed by atoms with van der Waals surface area (Å²) in [6.45, 7) is 6.13. The fraction of sp³-hybridized carbons (Fsp3) is 0.500. The number of hydrogen-bond acceptors (Lipinski definition) is 5. The van der Waals surface area contributed by atoms with Gasteiger partial charge in [-0.15, -0.1) is 0 Å². The Bertz CT molecular complexity index is 733. The molecule has 0 aliphatic carbocycles. The van der Waals surface area contributed by atoms with Gasteiger partial charge in [-0.3, -0.25) is 14.4 Å². The molecule has 0 unspecified atom stereocenters. The van der Waals surface area contributed by atoms with Crippen molar-refractivity contribution in [2.45, 2.75) is 32.7 Å². The van der Waals surface area contributed by atoms with Crippen LogP contribution in [0, 0.1) is 13.8 Å². The van der Waals surface area contributed by atoms with Gasteiger partial charge in [0.2, 0.25) is 5.91 Å². The maximum absolute atomic E-state index is 12.2. The summed E-state index contributed by atoms with van der Waals surface area (Å²) >= 11 is 0. The highest BCUT2D eigenvalue weighted by molar-refractivity contribution is 5.91. The van der Waals surface area contributed by atoms with Crippen molar-refractivity contribution in [2.75, 3.05) is 30.3 Å². The minimum absolute atomic E-state index is 0.00904. The van der Waals surface area contributed by atoms with E-state index < -0.39 is 0 Å². The Balaban J connectivity index is 1.44. The Labute approximate surface area is 148 Å². The van der Waals surface area contributed by atoms with Crippen molar-refractivity contribution in [1.29, 1.82) is 0 Å². The third-order valence-electron chi connectivity index (χ3n) is 4.46. The summed E-state index contributed by atoms with van der Waals surface area (Å²) in [5.74, 6) is 1.68. The molecular formula is C18H26N6O. The van der Waals surface area contributed by atoms with Crippen molar-refractivity contribution in [1.82, 2.24) is 19.7 Å². The lowest BCUT2D eigenvalue weighted by Gasteiger charge is -2.32. The van der Waals surface area contributed by atoms with Gasteiger partial charge in [0.15, 0.2) is 0 Å². The quantitative estimate of drug-likeness (QED) is 0.869. The highest BCUT2D eigenvalue weighted by atomic mass is 16.2. The predicted molar refractivity (Wildman–Crippen MR) is 98.6 cm³/mol. The minimum Gasteiger partial charge on any atom is -0.367 e. The molecule has 3 heterocycles. The van der Waals surface area contributed by atoms with Gasteiger partial charge in [0.05, 0.1) is 12.2 Å². The van der Waals surface area contributed by atoms with Gasteiger partial charge in [0.25, 0.3) is 0 Å². The number of rotatable bonds is 5. The summed E-state index contributed by atoms with van der Waals surface area (Å²) in [6.07, 6.45) is 2.02. The Hall–Kier alpha value is -2.41. The molecule has 1 aliphatic heterocycles. The number of carbonyl (C=O) groups is 1. The van der Waals surface area contributed by atoms with Crippen LogP contribution in [0.15, 0.2) is 24.3 Å². The number of anilines is 2. The Kier molecular flexibility index (Phi) is 5.33. The summed E-state index contributed by atoms with van der Waals surface area (Å²) in [5, 5.41) is 10.7. The second-order valence-corrected chi connectivity index (χ2v) is 6.70. The first-order valence-electron chi connectivity index (χ1n) is 8.72. The number of hydrogen-bond donors (Lipinski definition) is 2. The van der Waals surface area contributed by atoms with E-state index in [9.17, 15) is 4.79 Å². The topological polar surface area (TPSA) is 75.1 Å². The van der Waals surface area contributed by atoms with Crippen molar-refractivity contribution in [3.63, 3.8) is 0 Å². The molecule has 0 saturated carbocycles. The van der Waals surface area contributed by atoms with Gasteiger partial charge in [-0.1, -0.05) is 6.07 Å². The van der Waals surface area contributed by atoms with Crippen LogP contribution >= 0.6 is 0 Å². The SMILES string of the molecule is Cc1cccc(NC2CCN(CC(=O)Nc3cc(C)nn3C)CC2)n1. The Morgan fingerprint density at radius 1 is 1.24 bits per heavy atom. The first kappa shape index (κ1) is 17.4. The summed E-state index contributed by atoms with van der Waals surface area (Å²) in [4.78, 5) is 18.9. The highest BCUT2D eigenvalue weighted by Crippen LogP contribution is 2.16. The molecule has 2 N–H and O–H groups in total. The number of aryl methyl sites for hydroxylation is 3. The monoisotopic (exact) mass is 342 g/mol. The zero-order chi connectivity index (χ0) is 17.8. The number of carbonyl (C=O) groups excluding carboxylic acids is 1.